The molecule has 0 aliphatic carbocycles. The van der Waals surface area contributed by atoms with E-state index >= 15 is 0 Å². The van der Waals surface area contributed by atoms with Crippen molar-refractivity contribution in [1.29, 1.82) is 0 Å². The highest BCUT2D eigenvalue weighted by molar-refractivity contribution is 5.51. The largest absolute Gasteiger partial charge is 0.366 e. The SMILES string of the molecule is Cc1cc(NCc2cccnc2)nc(Nc2ccccn2)n1. The normalized spacial score (nSPS) is 10.2. The number of pyridine rings is 2. The summed E-state index contributed by atoms with van der Waals surface area (Å²) in [6.45, 7) is 2.59. The smallest absolute Gasteiger partial charge is 0.230 e. The highest BCUT2D eigenvalue weighted by atomic mass is 15.2. The third kappa shape index (κ3) is 3.76. The monoisotopic (exact) mass is 292 g/mol. The topological polar surface area (TPSA) is 75.6 Å². The molecule has 0 saturated carbocycles. The van der Waals surface area contributed by atoms with Crippen LogP contribution in [0.25, 0.3) is 0 Å². The molecule has 0 unspecified atom stereocenters. The van der Waals surface area contributed by atoms with E-state index in [-0.39, 0.29) is 0 Å². The van der Waals surface area contributed by atoms with E-state index in [2.05, 4.69) is 30.6 Å². The molecule has 22 heavy (non-hydrogen) atoms. The van der Waals surface area contributed by atoms with Gasteiger partial charge in [0.15, 0.2) is 0 Å². The van der Waals surface area contributed by atoms with Crippen LogP contribution in [0.3, 0.4) is 0 Å². The van der Waals surface area contributed by atoms with Gasteiger partial charge < -0.3 is 10.6 Å². The van der Waals surface area contributed by atoms with E-state index in [4.69, 9.17) is 0 Å². The molecule has 0 aromatic carbocycles. The molecule has 0 spiro atoms. The minimum Gasteiger partial charge on any atom is -0.366 e. The molecule has 0 radical (unpaired) electrons. The lowest BCUT2D eigenvalue weighted by atomic mass is 10.3. The van der Waals surface area contributed by atoms with E-state index in [9.17, 15) is 0 Å². The number of aromatic nitrogens is 4. The van der Waals surface area contributed by atoms with Crippen LogP contribution in [0.4, 0.5) is 17.6 Å². The summed E-state index contributed by atoms with van der Waals surface area (Å²) in [6, 6.07) is 11.5. The zero-order valence-electron chi connectivity index (χ0n) is 12.2. The third-order valence-electron chi connectivity index (χ3n) is 2.96. The van der Waals surface area contributed by atoms with Crippen molar-refractivity contribution in [3.8, 4) is 0 Å². The minimum absolute atomic E-state index is 0.521. The zero-order valence-corrected chi connectivity index (χ0v) is 12.2. The van der Waals surface area contributed by atoms with Crippen LogP contribution < -0.4 is 10.6 Å². The Morgan fingerprint density at radius 1 is 1.00 bits per heavy atom. The first-order chi connectivity index (χ1) is 10.8. The molecule has 0 aliphatic heterocycles. The van der Waals surface area contributed by atoms with Gasteiger partial charge in [-0.05, 0) is 30.7 Å². The lowest BCUT2D eigenvalue weighted by molar-refractivity contribution is 1.05. The van der Waals surface area contributed by atoms with Gasteiger partial charge in [-0.1, -0.05) is 12.1 Å². The third-order valence-corrected chi connectivity index (χ3v) is 2.96. The van der Waals surface area contributed by atoms with Crippen molar-refractivity contribution in [2.75, 3.05) is 10.6 Å². The number of aryl methyl sites for hydroxylation is 1. The molecule has 0 aliphatic rings. The highest BCUT2D eigenvalue weighted by Crippen LogP contribution is 2.14. The second kappa shape index (κ2) is 6.62. The zero-order chi connectivity index (χ0) is 15.2. The summed E-state index contributed by atoms with van der Waals surface area (Å²) in [5, 5.41) is 6.37. The predicted molar refractivity (Wildman–Crippen MR) is 85.9 cm³/mol. The van der Waals surface area contributed by atoms with E-state index in [1.165, 1.54) is 0 Å². The van der Waals surface area contributed by atoms with Crippen LogP contribution in [-0.4, -0.2) is 19.9 Å². The summed E-state index contributed by atoms with van der Waals surface area (Å²) in [5.41, 5.74) is 1.97. The molecular formula is C16H16N6. The Kier molecular flexibility index (Phi) is 4.20. The first-order valence-electron chi connectivity index (χ1n) is 6.96. The van der Waals surface area contributed by atoms with Gasteiger partial charge in [-0.25, -0.2) is 9.97 Å². The summed E-state index contributed by atoms with van der Waals surface area (Å²) in [6.07, 6.45) is 5.31. The maximum Gasteiger partial charge on any atom is 0.230 e. The van der Waals surface area contributed by atoms with Crippen LogP contribution in [0, 0.1) is 6.92 Å². The molecule has 3 aromatic rings. The first-order valence-corrected chi connectivity index (χ1v) is 6.96. The second-order valence-corrected chi connectivity index (χ2v) is 4.77. The molecule has 110 valence electrons. The maximum atomic E-state index is 4.45. The van der Waals surface area contributed by atoms with Crippen LogP contribution >= 0.6 is 0 Å². The van der Waals surface area contributed by atoms with Gasteiger partial charge in [0.1, 0.15) is 11.6 Å². The standard InChI is InChI=1S/C16H16N6/c1-12-9-15(19-11-13-5-4-7-17-10-13)22-16(20-12)21-14-6-2-3-8-18-14/h2-10H,11H2,1H3,(H2,18,19,20,21,22). The van der Waals surface area contributed by atoms with Gasteiger partial charge in [-0.2, -0.15) is 4.98 Å². The molecular weight excluding hydrogens is 276 g/mol. The summed E-state index contributed by atoms with van der Waals surface area (Å²) in [5.74, 6) is 1.99. The molecule has 6 heteroatoms. The average Bonchev–Trinajstić information content (AvgIpc) is 2.54. The highest BCUT2D eigenvalue weighted by Gasteiger charge is 2.03. The van der Waals surface area contributed by atoms with Crippen molar-refractivity contribution in [1.82, 2.24) is 19.9 Å². The van der Waals surface area contributed by atoms with E-state index in [1.807, 2.05) is 49.5 Å². The number of hydrogen-bond acceptors (Lipinski definition) is 6. The van der Waals surface area contributed by atoms with Gasteiger partial charge >= 0.3 is 0 Å². The van der Waals surface area contributed by atoms with Crippen molar-refractivity contribution in [2.24, 2.45) is 0 Å². The van der Waals surface area contributed by atoms with Gasteiger partial charge in [0.05, 0.1) is 0 Å². The van der Waals surface area contributed by atoms with Crippen LogP contribution in [0.5, 0.6) is 0 Å². The minimum atomic E-state index is 0.521. The fourth-order valence-corrected chi connectivity index (χ4v) is 1.96. The molecule has 0 bridgehead atoms. The number of hydrogen-bond donors (Lipinski definition) is 2. The Labute approximate surface area is 128 Å². The van der Waals surface area contributed by atoms with Gasteiger partial charge in [-0.3, -0.25) is 4.98 Å². The van der Waals surface area contributed by atoms with E-state index in [1.54, 1.807) is 12.4 Å². The van der Waals surface area contributed by atoms with E-state index in [0.29, 0.717) is 18.3 Å². The molecule has 2 N–H and O–H groups in total. The van der Waals surface area contributed by atoms with E-state index in [0.717, 1.165) is 17.1 Å². The number of rotatable bonds is 5. The summed E-state index contributed by atoms with van der Waals surface area (Å²) in [4.78, 5) is 17.1. The van der Waals surface area contributed by atoms with Gasteiger partial charge in [0.25, 0.3) is 0 Å². The Morgan fingerprint density at radius 3 is 2.73 bits per heavy atom. The predicted octanol–water partition coefficient (Wildman–Crippen LogP) is 2.93. The molecule has 3 rings (SSSR count). The number of nitrogens with one attached hydrogen (secondary N) is 2. The molecule has 0 saturated heterocycles. The summed E-state index contributed by atoms with van der Waals surface area (Å²) < 4.78 is 0. The quantitative estimate of drug-likeness (QED) is 0.753. The van der Waals surface area contributed by atoms with Crippen molar-refractivity contribution >= 4 is 17.6 Å². The maximum absolute atomic E-state index is 4.45. The molecule has 3 aromatic heterocycles. The number of nitrogens with zero attached hydrogens (tertiary/aromatic N) is 4. The van der Waals surface area contributed by atoms with Crippen LogP contribution in [0.2, 0.25) is 0 Å². The Morgan fingerprint density at radius 2 is 1.95 bits per heavy atom. The van der Waals surface area contributed by atoms with Crippen molar-refractivity contribution < 1.29 is 0 Å². The first kappa shape index (κ1) is 13.9. The summed E-state index contributed by atoms with van der Waals surface area (Å²) >= 11 is 0. The Balaban J connectivity index is 1.72. The molecule has 6 nitrogen and oxygen atoms in total. The number of anilines is 3. The molecule has 0 fully saturated rings. The molecule has 3 heterocycles. The van der Waals surface area contributed by atoms with Crippen LogP contribution in [0.1, 0.15) is 11.3 Å². The van der Waals surface area contributed by atoms with Gasteiger partial charge in [-0.15, -0.1) is 0 Å². The van der Waals surface area contributed by atoms with E-state index < -0.39 is 0 Å². The fourth-order valence-electron chi connectivity index (χ4n) is 1.96. The Bertz CT molecular complexity index is 730. The lowest BCUT2D eigenvalue weighted by Crippen LogP contribution is -2.06. The van der Waals surface area contributed by atoms with Crippen molar-refractivity contribution in [2.45, 2.75) is 13.5 Å². The van der Waals surface area contributed by atoms with Crippen molar-refractivity contribution in [3.63, 3.8) is 0 Å². The summed E-state index contributed by atoms with van der Waals surface area (Å²) in [7, 11) is 0. The van der Waals surface area contributed by atoms with Gasteiger partial charge in [0, 0.05) is 36.9 Å². The van der Waals surface area contributed by atoms with Crippen LogP contribution in [-0.2, 0) is 6.54 Å². The molecule has 0 amide bonds. The molecule has 0 atom stereocenters. The van der Waals surface area contributed by atoms with Crippen LogP contribution in [0.15, 0.2) is 55.0 Å². The lowest BCUT2D eigenvalue weighted by Gasteiger charge is -2.09. The fraction of sp³-hybridized carbons (Fsp3) is 0.125. The second-order valence-electron chi connectivity index (χ2n) is 4.77. The van der Waals surface area contributed by atoms with Crippen molar-refractivity contribution in [3.05, 3.63) is 66.2 Å². The van der Waals surface area contributed by atoms with Gasteiger partial charge in [0.2, 0.25) is 5.95 Å². The average molecular weight is 292 g/mol. The Hall–Kier alpha value is -3.02.